The molecule has 0 bridgehead atoms. The fraction of sp³-hybridized carbons (Fsp3) is 0.444. The van der Waals surface area contributed by atoms with Crippen molar-refractivity contribution in [3.05, 3.63) is 45.9 Å². The molecule has 1 heterocycles. The van der Waals surface area contributed by atoms with E-state index in [4.69, 9.17) is 0 Å². The zero-order chi connectivity index (χ0) is 19.9. The molecule has 2 N–H and O–H groups in total. The maximum absolute atomic E-state index is 12.5. The van der Waals surface area contributed by atoms with Crippen LogP contribution in [0, 0.1) is 6.92 Å². The van der Waals surface area contributed by atoms with Crippen LogP contribution in [0.15, 0.2) is 40.4 Å². The number of sulfonamides is 1. The van der Waals surface area contributed by atoms with Gasteiger partial charge in [0.2, 0.25) is 10.0 Å². The van der Waals surface area contributed by atoms with E-state index >= 15 is 0 Å². The predicted octanol–water partition coefficient (Wildman–Crippen LogP) is 2.00. The van der Waals surface area contributed by atoms with Crippen LogP contribution < -0.4 is 10.6 Å². The molecule has 0 radical (unpaired) electrons. The second-order valence-corrected chi connectivity index (χ2v) is 9.57. The molecule has 1 aromatic heterocycles. The lowest BCUT2D eigenvalue weighted by Gasteiger charge is -2.15. The summed E-state index contributed by atoms with van der Waals surface area (Å²) in [6.07, 6.45) is 2.69. The summed E-state index contributed by atoms with van der Waals surface area (Å²) in [5, 5.41) is 7.54. The van der Waals surface area contributed by atoms with Crippen LogP contribution in [0.4, 0.5) is 0 Å². The van der Waals surface area contributed by atoms with E-state index in [0.29, 0.717) is 18.1 Å². The van der Waals surface area contributed by atoms with Crippen molar-refractivity contribution in [3.63, 3.8) is 0 Å². The van der Waals surface area contributed by atoms with Crippen molar-refractivity contribution in [1.82, 2.24) is 19.9 Å². The van der Waals surface area contributed by atoms with Crippen LogP contribution in [0.5, 0.6) is 0 Å². The van der Waals surface area contributed by atoms with Crippen LogP contribution in [0.25, 0.3) is 0 Å². The fourth-order valence-electron chi connectivity index (χ4n) is 2.39. The van der Waals surface area contributed by atoms with E-state index in [1.54, 1.807) is 29.5 Å². The Kier molecular flexibility index (Phi) is 7.76. The summed E-state index contributed by atoms with van der Waals surface area (Å²) in [5.41, 5.74) is 0.666. The first-order valence-electron chi connectivity index (χ1n) is 8.78. The summed E-state index contributed by atoms with van der Waals surface area (Å²) in [6, 6.07) is 6.96. The molecule has 9 heteroatoms. The van der Waals surface area contributed by atoms with Crippen molar-refractivity contribution >= 4 is 27.3 Å². The second-order valence-electron chi connectivity index (χ2n) is 6.13. The Morgan fingerprint density at radius 3 is 2.63 bits per heavy atom. The Morgan fingerprint density at radius 1 is 1.26 bits per heavy atom. The molecule has 0 fully saturated rings. The Bertz CT molecular complexity index is 875. The van der Waals surface area contributed by atoms with Gasteiger partial charge in [-0.05, 0) is 25.5 Å². The number of rotatable bonds is 8. The molecule has 27 heavy (non-hydrogen) atoms. The quantitative estimate of drug-likeness (QED) is 0.514. The third-order valence-corrected chi connectivity index (χ3v) is 6.67. The highest BCUT2D eigenvalue weighted by Gasteiger charge is 2.20. The molecule has 0 aliphatic rings. The number of aliphatic imine (C=N–C) groups is 1. The van der Waals surface area contributed by atoms with Crippen LogP contribution >= 0.6 is 11.3 Å². The van der Waals surface area contributed by atoms with Gasteiger partial charge < -0.3 is 10.6 Å². The Balaban J connectivity index is 2.08. The first-order valence-corrected chi connectivity index (χ1v) is 11.0. The minimum Gasteiger partial charge on any atom is -0.357 e. The summed E-state index contributed by atoms with van der Waals surface area (Å²) in [7, 11) is -0.444. The predicted molar refractivity (Wildman–Crippen MR) is 111 cm³/mol. The Morgan fingerprint density at radius 2 is 2.00 bits per heavy atom. The molecule has 0 saturated carbocycles. The SMILES string of the molecule is CCNC(=NCc1ccccc1S(=O)(=O)N(C)C)NCCc1ncc(C)s1. The van der Waals surface area contributed by atoms with Crippen molar-refractivity contribution in [3.8, 4) is 0 Å². The summed E-state index contributed by atoms with van der Waals surface area (Å²) < 4.78 is 26.2. The van der Waals surface area contributed by atoms with Gasteiger partial charge in [-0.2, -0.15) is 0 Å². The molecule has 2 aromatic rings. The minimum absolute atomic E-state index is 0.273. The average Bonchev–Trinajstić information content (AvgIpc) is 3.05. The second kappa shape index (κ2) is 9.82. The highest BCUT2D eigenvalue weighted by atomic mass is 32.2. The average molecular weight is 410 g/mol. The first-order chi connectivity index (χ1) is 12.8. The van der Waals surface area contributed by atoms with Crippen molar-refractivity contribution in [2.24, 2.45) is 4.99 Å². The summed E-state index contributed by atoms with van der Waals surface area (Å²) >= 11 is 1.69. The summed E-state index contributed by atoms with van der Waals surface area (Å²) in [5.74, 6) is 0.655. The molecule has 7 nitrogen and oxygen atoms in total. The summed E-state index contributed by atoms with van der Waals surface area (Å²) in [4.78, 5) is 10.4. The molecule has 1 aromatic carbocycles. The molecule has 0 aliphatic carbocycles. The highest BCUT2D eigenvalue weighted by molar-refractivity contribution is 7.89. The van der Waals surface area contributed by atoms with E-state index in [9.17, 15) is 8.42 Å². The van der Waals surface area contributed by atoms with Gasteiger partial charge in [-0.3, -0.25) is 0 Å². The van der Waals surface area contributed by atoms with Gasteiger partial charge in [-0.25, -0.2) is 22.7 Å². The number of benzene rings is 1. The van der Waals surface area contributed by atoms with Gasteiger partial charge in [-0.15, -0.1) is 11.3 Å². The third-order valence-electron chi connectivity index (χ3n) is 3.78. The van der Waals surface area contributed by atoms with Gasteiger partial charge in [0.25, 0.3) is 0 Å². The van der Waals surface area contributed by atoms with Crippen LogP contribution in [0.1, 0.15) is 22.4 Å². The largest absolute Gasteiger partial charge is 0.357 e. The molecule has 0 aliphatic heterocycles. The standard InChI is InChI=1S/C18H27N5O2S2/c1-5-19-18(20-11-10-17-21-12-14(2)26-17)22-13-15-8-6-7-9-16(15)27(24,25)23(3)4/h6-9,12H,5,10-11,13H2,1-4H3,(H2,19,20,22). The lowest BCUT2D eigenvalue weighted by molar-refractivity contribution is 0.519. The molecule has 0 saturated heterocycles. The van der Waals surface area contributed by atoms with Gasteiger partial charge in [0.1, 0.15) is 0 Å². The van der Waals surface area contributed by atoms with E-state index in [2.05, 4.69) is 20.6 Å². The lowest BCUT2D eigenvalue weighted by atomic mass is 10.2. The maximum Gasteiger partial charge on any atom is 0.242 e. The number of aryl methyl sites for hydroxylation is 1. The molecule has 2 rings (SSSR count). The van der Waals surface area contributed by atoms with Crippen LogP contribution in [-0.4, -0.2) is 50.9 Å². The van der Waals surface area contributed by atoms with Crippen molar-refractivity contribution in [2.45, 2.75) is 31.7 Å². The zero-order valence-electron chi connectivity index (χ0n) is 16.2. The Labute approximate surface area is 165 Å². The van der Waals surface area contributed by atoms with Crippen LogP contribution in [0.3, 0.4) is 0 Å². The fourth-order valence-corrected chi connectivity index (χ4v) is 4.29. The van der Waals surface area contributed by atoms with Gasteiger partial charge in [0.15, 0.2) is 5.96 Å². The molecular formula is C18H27N5O2S2. The van der Waals surface area contributed by atoms with Crippen LogP contribution in [-0.2, 0) is 23.0 Å². The topological polar surface area (TPSA) is 86.7 Å². The van der Waals surface area contributed by atoms with Crippen molar-refractivity contribution in [2.75, 3.05) is 27.2 Å². The minimum atomic E-state index is -3.50. The maximum atomic E-state index is 12.5. The number of guanidine groups is 1. The van der Waals surface area contributed by atoms with E-state index in [0.717, 1.165) is 18.0 Å². The normalized spacial score (nSPS) is 12.4. The smallest absolute Gasteiger partial charge is 0.242 e. The van der Waals surface area contributed by atoms with Gasteiger partial charge in [0, 0.05) is 44.7 Å². The number of hydrogen-bond acceptors (Lipinski definition) is 5. The van der Waals surface area contributed by atoms with Crippen molar-refractivity contribution in [1.29, 1.82) is 0 Å². The van der Waals surface area contributed by atoms with Crippen LogP contribution in [0.2, 0.25) is 0 Å². The number of hydrogen-bond donors (Lipinski definition) is 2. The first kappa shape index (κ1) is 21.3. The number of nitrogens with zero attached hydrogens (tertiary/aromatic N) is 3. The number of thiazole rings is 1. The number of aromatic nitrogens is 1. The molecule has 0 spiro atoms. The van der Waals surface area contributed by atoms with E-state index < -0.39 is 10.0 Å². The molecule has 0 amide bonds. The lowest BCUT2D eigenvalue weighted by Crippen LogP contribution is -2.38. The summed E-state index contributed by atoms with van der Waals surface area (Å²) in [6.45, 7) is 5.73. The highest BCUT2D eigenvalue weighted by Crippen LogP contribution is 2.19. The molecular weight excluding hydrogens is 382 g/mol. The van der Waals surface area contributed by atoms with Gasteiger partial charge in [0.05, 0.1) is 16.4 Å². The van der Waals surface area contributed by atoms with E-state index in [1.165, 1.54) is 23.3 Å². The molecule has 0 atom stereocenters. The van der Waals surface area contributed by atoms with E-state index in [1.807, 2.05) is 26.1 Å². The zero-order valence-corrected chi connectivity index (χ0v) is 17.8. The van der Waals surface area contributed by atoms with Gasteiger partial charge in [-0.1, -0.05) is 18.2 Å². The molecule has 148 valence electrons. The van der Waals surface area contributed by atoms with Gasteiger partial charge >= 0.3 is 0 Å². The Hall–Kier alpha value is -1.97. The van der Waals surface area contributed by atoms with E-state index in [-0.39, 0.29) is 11.4 Å². The third kappa shape index (κ3) is 6.02. The monoisotopic (exact) mass is 409 g/mol. The van der Waals surface area contributed by atoms with Crippen molar-refractivity contribution < 1.29 is 8.42 Å². The molecule has 0 unspecified atom stereocenters. The number of nitrogens with one attached hydrogen (secondary N) is 2.